The Labute approximate surface area is 132 Å². The van der Waals surface area contributed by atoms with Gasteiger partial charge in [0.1, 0.15) is 0 Å². The lowest BCUT2D eigenvalue weighted by atomic mass is 10.2. The van der Waals surface area contributed by atoms with Crippen LogP contribution in [0.2, 0.25) is 0 Å². The molecule has 2 rings (SSSR count). The van der Waals surface area contributed by atoms with E-state index in [1.165, 1.54) is 5.69 Å². The van der Waals surface area contributed by atoms with Crippen LogP contribution in [-0.4, -0.2) is 49.8 Å². The van der Waals surface area contributed by atoms with Crippen LogP contribution in [0.15, 0.2) is 29.4 Å². The van der Waals surface area contributed by atoms with Gasteiger partial charge in [0.05, 0.1) is 6.21 Å². The van der Waals surface area contributed by atoms with E-state index >= 15 is 0 Å². The number of hydrogen-bond donors (Lipinski definition) is 0. The minimum atomic E-state index is 0.0199. The Morgan fingerprint density at radius 1 is 1.23 bits per heavy atom. The Balaban J connectivity index is 1.79. The maximum atomic E-state index is 11.8. The molecule has 1 aliphatic rings. The highest BCUT2D eigenvalue weighted by Crippen LogP contribution is 2.14. The van der Waals surface area contributed by atoms with Crippen molar-refractivity contribution in [2.75, 3.05) is 37.7 Å². The maximum absolute atomic E-state index is 11.8. The van der Waals surface area contributed by atoms with E-state index in [1.807, 2.05) is 17.0 Å². The molecule has 0 saturated carbocycles. The predicted octanol–water partition coefficient (Wildman–Crippen LogP) is 2.51. The Morgan fingerprint density at radius 3 is 2.45 bits per heavy atom. The molecule has 0 N–H and O–H groups in total. The van der Waals surface area contributed by atoms with Crippen LogP contribution in [-0.2, 0) is 9.63 Å². The third kappa shape index (κ3) is 4.48. The van der Waals surface area contributed by atoms with Crippen LogP contribution in [0, 0.1) is 0 Å². The highest BCUT2D eigenvalue weighted by molar-refractivity contribution is 5.80. The van der Waals surface area contributed by atoms with Crippen molar-refractivity contribution in [2.45, 2.75) is 26.7 Å². The molecule has 120 valence electrons. The molecule has 0 radical (unpaired) electrons. The smallest absolute Gasteiger partial charge is 0.263 e. The molecule has 1 aromatic rings. The molecule has 1 saturated heterocycles. The number of likely N-dealkylation sites (tertiary alicyclic amines) is 1. The highest BCUT2D eigenvalue weighted by atomic mass is 16.6. The summed E-state index contributed by atoms with van der Waals surface area (Å²) in [5.41, 5.74) is 2.16. The summed E-state index contributed by atoms with van der Waals surface area (Å²) in [6, 6.07) is 8.15. The fourth-order valence-electron chi connectivity index (χ4n) is 2.61. The van der Waals surface area contributed by atoms with E-state index in [1.54, 1.807) is 6.21 Å². The molecule has 1 heterocycles. The third-order valence-corrected chi connectivity index (χ3v) is 3.94. The SMILES string of the molecule is CCN(CC)c1ccc(/C=N\OCC(=O)N2CCCC2)cc1. The first-order chi connectivity index (χ1) is 10.7. The summed E-state index contributed by atoms with van der Waals surface area (Å²) in [7, 11) is 0. The Morgan fingerprint density at radius 2 is 1.86 bits per heavy atom. The van der Waals surface area contributed by atoms with Crippen LogP contribution in [0.5, 0.6) is 0 Å². The van der Waals surface area contributed by atoms with Crippen molar-refractivity contribution in [2.24, 2.45) is 5.16 Å². The van der Waals surface area contributed by atoms with E-state index in [4.69, 9.17) is 4.84 Å². The van der Waals surface area contributed by atoms with Crippen LogP contribution in [0.25, 0.3) is 0 Å². The van der Waals surface area contributed by atoms with Crippen LogP contribution in [0.3, 0.4) is 0 Å². The molecule has 1 amide bonds. The summed E-state index contributed by atoms with van der Waals surface area (Å²) in [5, 5.41) is 3.88. The van der Waals surface area contributed by atoms with Crippen molar-refractivity contribution in [1.82, 2.24) is 4.90 Å². The summed E-state index contributed by atoms with van der Waals surface area (Å²) in [4.78, 5) is 21.0. The summed E-state index contributed by atoms with van der Waals surface area (Å²) in [6.07, 6.45) is 3.82. The van der Waals surface area contributed by atoms with Crippen molar-refractivity contribution in [3.8, 4) is 0 Å². The highest BCUT2D eigenvalue weighted by Gasteiger charge is 2.17. The molecule has 5 nitrogen and oxygen atoms in total. The molecular formula is C17H25N3O2. The van der Waals surface area contributed by atoms with Gasteiger partial charge in [-0.2, -0.15) is 0 Å². The van der Waals surface area contributed by atoms with E-state index in [0.29, 0.717) is 0 Å². The molecule has 0 bridgehead atoms. The monoisotopic (exact) mass is 303 g/mol. The van der Waals surface area contributed by atoms with E-state index < -0.39 is 0 Å². The molecule has 1 fully saturated rings. The number of amides is 1. The van der Waals surface area contributed by atoms with Crippen LogP contribution in [0.1, 0.15) is 32.3 Å². The van der Waals surface area contributed by atoms with Crippen molar-refractivity contribution < 1.29 is 9.63 Å². The number of carbonyl (C=O) groups excluding carboxylic acids is 1. The zero-order chi connectivity index (χ0) is 15.8. The van der Waals surface area contributed by atoms with Gasteiger partial charge in [-0.15, -0.1) is 0 Å². The second-order valence-electron chi connectivity index (χ2n) is 5.36. The van der Waals surface area contributed by atoms with E-state index in [0.717, 1.165) is 44.6 Å². The average Bonchev–Trinajstić information content (AvgIpc) is 3.08. The van der Waals surface area contributed by atoms with Gasteiger partial charge in [0.2, 0.25) is 0 Å². The fourth-order valence-corrected chi connectivity index (χ4v) is 2.61. The molecule has 1 aliphatic heterocycles. The second kappa shape index (κ2) is 8.41. The van der Waals surface area contributed by atoms with Gasteiger partial charge in [-0.1, -0.05) is 17.3 Å². The first-order valence-electron chi connectivity index (χ1n) is 8.02. The Kier molecular flexibility index (Phi) is 6.25. The molecule has 0 unspecified atom stereocenters. The largest absolute Gasteiger partial charge is 0.386 e. The lowest BCUT2D eigenvalue weighted by Crippen LogP contribution is -2.30. The fraction of sp³-hybridized carbons (Fsp3) is 0.529. The number of carbonyl (C=O) groups is 1. The van der Waals surface area contributed by atoms with E-state index in [2.05, 4.69) is 36.0 Å². The molecule has 5 heteroatoms. The third-order valence-electron chi connectivity index (χ3n) is 3.94. The summed E-state index contributed by atoms with van der Waals surface area (Å²) in [5.74, 6) is 0.0199. The molecule has 0 aliphatic carbocycles. The lowest BCUT2D eigenvalue weighted by molar-refractivity contribution is -0.134. The van der Waals surface area contributed by atoms with E-state index in [9.17, 15) is 4.79 Å². The molecule has 0 atom stereocenters. The first-order valence-corrected chi connectivity index (χ1v) is 8.02. The van der Waals surface area contributed by atoms with Crippen molar-refractivity contribution in [3.63, 3.8) is 0 Å². The number of benzene rings is 1. The quantitative estimate of drug-likeness (QED) is 0.574. The van der Waals surface area contributed by atoms with Gasteiger partial charge in [-0.25, -0.2) is 0 Å². The summed E-state index contributed by atoms with van der Waals surface area (Å²) >= 11 is 0. The standard InChI is InChI=1S/C17H25N3O2/c1-3-19(4-2)16-9-7-15(8-10-16)13-18-22-14-17(21)20-11-5-6-12-20/h7-10,13H,3-6,11-12,14H2,1-2H3/b18-13-. The first kappa shape index (κ1) is 16.3. The van der Waals surface area contributed by atoms with Gasteiger partial charge in [-0.3, -0.25) is 4.79 Å². The topological polar surface area (TPSA) is 45.1 Å². The second-order valence-corrected chi connectivity index (χ2v) is 5.36. The number of nitrogens with zero attached hydrogens (tertiary/aromatic N) is 3. The minimum absolute atomic E-state index is 0.0199. The van der Waals surface area contributed by atoms with Gasteiger partial charge < -0.3 is 14.6 Å². The summed E-state index contributed by atoms with van der Waals surface area (Å²) in [6.45, 7) is 7.98. The molecule has 0 aromatic heterocycles. The Bertz CT molecular complexity index is 489. The normalized spacial score (nSPS) is 14.5. The van der Waals surface area contributed by atoms with Gasteiger partial charge in [0.15, 0.2) is 6.61 Å². The van der Waals surface area contributed by atoms with Gasteiger partial charge in [0.25, 0.3) is 5.91 Å². The zero-order valence-electron chi connectivity index (χ0n) is 13.5. The van der Waals surface area contributed by atoms with Crippen molar-refractivity contribution >= 4 is 17.8 Å². The molecule has 1 aromatic carbocycles. The molecule has 22 heavy (non-hydrogen) atoms. The predicted molar refractivity (Wildman–Crippen MR) is 89.4 cm³/mol. The maximum Gasteiger partial charge on any atom is 0.263 e. The van der Waals surface area contributed by atoms with Gasteiger partial charge in [-0.05, 0) is 44.4 Å². The minimum Gasteiger partial charge on any atom is -0.386 e. The number of oxime groups is 1. The molecular weight excluding hydrogens is 278 g/mol. The van der Waals surface area contributed by atoms with Crippen LogP contribution >= 0.6 is 0 Å². The van der Waals surface area contributed by atoms with E-state index in [-0.39, 0.29) is 12.5 Å². The van der Waals surface area contributed by atoms with Crippen LogP contribution < -0.4 is 4.90 Å². The van der Waals surface area contributed by atoms with Crippen molar-refractivity contribution in [3.05, 3.63) is 29.8 Å². The molecule has 0 spiro atoms. The van der Waals surface area contributed by atoms with Crippen LogP contribution in [0.4, 0.5) is 5.69 Å². The summed E-state index contributed by atoms with van der Waals surface area (Å²) < 4.78 is 0. The lowest BCUT2D eigenvalue weighted by Gasteiger charge is -2.20. The Hall–Kier alpha value is -2.04. The van der Waals surface area contributed by atoms with Gasteiger partial charge >= 0.3 is 0 Å². The van der Waals surface area contributed by atoms with Gasteiger partial charge in [0, 0.05) is 31.9 Å². The van der Waals surface area contributed by atoms with Crippen molar-refractivity contribution in [1.29, 1.82) is 0 Å². The average molecular weight is 303 g/mol. The zero-order valence-corrected chi connectivity index (χ0v) is 13.5. The number of anilines is 1. The number of rotatable bonds is 7. The number of hydrogen-bond acceptors (Lipinski definition) is 4.